The first-order valence-electron chi connectivity index (χ1n) is 9.72. The molecule has 1 aliphatic heterocycles. The van der Waals surface area contributed by atoms with Crippen LogP contribution in [0.4, 0.5) is 5.69 Å². The van der Waals surface area contributed by atoms with E-state index in [0.717, 1.165) is 37.3 Å². The predicted molar refractivity (Wildman–Crippen MR) is 115 cm³/mol. The van der Waals surface area contributed by atoms with Crippen molar-refractivity contribution in [1.82, 2.24) is 15.1 Å². The normalized spacial score (nSPS) is 14.3. The summed E-state index contributed by atoms with van der Waals surface area (Å²) in [6, 6.07) is 16.4. The Morgan fingerprint density at radius 3 is 2.59 bits per heavy atom. The molecule has 7 heteroatoms. The fraction of sp³-hybridized carbons (Fsp3) is 0.318. The number of thioether (sulfide) groups is 1. The molecule has 29 heavy (non-hydrogen) atoms. The largest absolute Gasteiger partial charge is 0.411 e. The number of aromatic nitrogens is 2. The van der Waals surface area contributed by atoms with E-state index < -0.39 is 0 Å². The van der Waals surface area contributed by atoms with Crippen LogP contribution in [0.5, 0.6) is 0 Å². The Labute approximate surface area is 174 Å². The Morgan fingerprint density at radius 2 is 1.83 bits per heavy atom. The van der Waals surface area contributed by atoms with Crippen molar-refractivity contribution in [3.05, 3.63) is 59.7 Å². The van der Waals surface area contributed by atoms with Gasteiger partial charge in [-0.1, -0.05) is 42.1 Å². The molecule has 0 atom stereocenters. The molecule has 1 fully saturated rings. The molecular weight excluding hydrogens is 384 g/mol. The highest BCUT2D eigenvalue weighted by Gasteiger charge is 2.22. The van der Waals surface area contributed by atoms with Gasteiger partial charge in [0.05, 0.1) is 5.75 Å². The monoisotopic (exact) mass is 408 g/mol. The van der Waals surface area contributed by atoms with E-state index in [1.807, 2.05) is 36.1 Å². The van der Waals surface area contributed by atoms with Gasteiger partial charge in [0.1, 0.15) is 0 Å². The summed E-state index contributed by atoms with van der Waals surface area (Å²) >= 11 is 1.30. The summed E-state index contributed by atoms with van der Waals surface area (Å²) < 4.78 is 5.74. The third-order valence-corrected chi connectivity index (χ3v) is 5.90. The molecule has 6 nitrogen and oxygen atoms in total. The standard InChI is InChI=1S/C22H24N4O2S/c1-16-6-5-8-18(14-16)25-10-12-26(13-11-25)20(27)15-29-22-24-23-21(28-22)19-9-4-3-7-17(19)2/h3-9,14H,10-13,15H2,1-2H3. The van der Waals surface area contributed by atoms with Gasteiger partial charge in [0, 0.05) is 37.4 Å². The number of amides is 1. The Kier molecular flexibility index (Phi) is 5.85. The van der Waals surface area contributed by atoms with Crippen molar-refractivity contribution in [2.75, 3.05) is 36.8 Å². The van der Waals surface area contributed by atoms with E-state index in [0.29, 0.717) is 16.9 Å². The number of carbonyl (C=O) groups is 1. The molecule has 0 N–H and O–H groups in total. The molecule has 3 aromatic rings. The second kappa shape index (κ2) is 8.69. The third kappa shape index (κ3) is 4.62. The zero-order chi connectivity index (χ0) is 20.2. The minimum atomic E-state index is 0.106. The van der Waals surface area contributed by atoms with E-state index in [9.17, 15) is 4.79 Å². The maximum Gasteiger partial charge on any atom is 0.277 e. The molecule has 2 heterocycles. The van der Waals surface area contributed by atoms with E-state index in [1.54, 1.807) is 0 Å². The quantitative estimate of drug-likeness (QED) is 0.599. The maximum absolute atomic E-state index is 12.6. The van der Waals surface area contributed by atoms with Crippen LogP contribution in [-0.2, 0) is 4.79 Å². The highest BCUT2D eigenvalue weighted by atomic mass is 32.2. The summed E-state index contributed by atoms with van der Waals surface area (Å²) in [5, 5.41) is 8.62. The highest BCUT2D eigenvalue weighted by Crippen LogP contribution is 2.26. The number of rotatable bonds is 5. The maximum atomic E-state index is 12.6. The van der Waals surface area contributed by atoms with Gasteiger partial charge in [0.2, 0.25) is 11.8 Å². The number of benzene rings is 2. The van der Waals surface area contributed by atoms with Gasteiger partial charge < -0.3 is 14.2 Å². The molecule has 1 aliphatic rings. The van der Waals surface area contributed by atoms with Crippen LogP contribution >= 0.6 is 11.8 Å². The summed E-state index contributed by atoms with van der Waals surface area (Å²) in [5.74, 6) is 0.902. The first-order valence-corrected chi connectivity index (χ1v) is 10.7. The molecular formula is C22H24N4O2S. The molecule has 4 rings (SSSR count). The molecule has 0 unspecified atom stereocenters. The predicted octanol–water partition coefficient (Wildman–Crippen LogP) is 3.79. The van der Waals surface area contributed by atoms with Gasteiger partial charge in [-0.15, -0.1) is 10.2 Å². The Morgan fingerprint density at radius 1 is 1.03 bits per heavy atom. The van der Waals surface area contributed by atoms with Crippen molar-refractivity contribution in [2.24, 2.45) is 0 Å². The van der Waals surface area contributed by atoms with Crippen LogP contribution in [-0.4, -0.2) is 52.9 Å². The van der Waals surface area contributed by atoms with E-state index in [1.165, 1.54) is 23.0 Å². The van der Waals surface area contributed by atoms with Crippen LogP contribution in [0.1, 0.15) is 11.1 Å². The van der Waals surface area contributed by atoms with E-state index in [2.05, 4.69) is 46.3 Å². The van der Waals surface area contributed by atoms with Crippen molar-refractivity contribution >= 4 is 23.4 Å². The van der Waals surface area contributed by atoms with Crippen molar-refractivity contribution < 1.29 is 9.21 Å². The lowest BCUT2D eigenvalue weighted by Gasteiger charge is -2.36. The SMILES string of the molecule is Cc1cccc(N2CCN(C(=O)CSc3nnc(-c4ccccc4C)o3)CC2)c1. The number of anilines is 1. The average Bonchev–Trinajstić information content (AvgIpc) is 3.21. The Hall–Kier alpha value is -2.80. The van der Waals surface area contributed by atoms with Crippen molar-refractivity contribution in [3.63, 3.8) is 0 Å². The average molecular weight is 409 g/mol. The highest BCUT2D eigenvalue weighted by molar-refractivity contribution is 7.99. The molecule has 150 valence electrons. The molecule has 0 saturated carbocycles. The van der Waals surface area contributed by atoms with Gasteiger partial charge in [0.25, 0.3) is 5.22 Å². The summed E-state index contributed by atoms with van der Waals surface area (Å²) in [4.78, 5) is 16.8. The molecule has 2 aromatic carbocycles. The minimum absolute atomic E-state index is 0.106. The van der Waals surface area contributed by atoms with Crippen LogP contribution in [0.2, 0.25) is 0 Å². The second-order valence-electron chi connectivity index (χ2n) is 7.18. The van der Waals surface area contributed by atoms with Crippen LogP contribution in [0.25, 0.3) is 11.5 Å². The van der Waals surface area contributed by atoms with Crippen LogP contribution in [0, 0.1) is 13.8 Å². The number of piperazine rings is 1. The summed E-state index contributed by atoms with van der Waals surface area (Å²) in [6.45, 7) is 7.25. The first-order chi connectivity index (χ1) is 14.1. The molecule has 0 aliphatic carbocycles. The number of hydrogen-bond acceptors (Lipinski definition) is 6. The molecule has 1 aromatic heterocycles. The van der Waals surface area contributed by atoms with Gasteiger partial charge in [0.15, 0.2) is 0 Å². The van der Waals surface area contributed by atoms with Gasteiger partial charge in [-0.25, -0.2) is 0 Å². The van der Waals surface area contributed by atoms with Crippen molar-refractivity contribution in [1.29, 1.82) is 0 Å². The van der Waals surface area contributed by atoms with E-state index >= 15 is 0 Å². The number of carbonyl (C=O) groups excluding carboxylic acids is 1. The van der Waals surface area contributed by atoms with E-state index in [-0.39, 0.29) is 5.91 Å². The Balaban J connectivity index is 1.29. The van der Waals surface area contributed by atoms with Gasteiger partial charge >= 0.3 is 0 Å². The summed E-state index contributed by atoms with van der Waals surface area (Å²) in [7, 11) is 0. The minimum Gasteiger partial charge on any atom is -0.411 e. The lowest BCUT2D eigenvalue weighted by atomic mass is 10.1. The lowest BCUT2D eigenvalue weighted by Crippen LogP contribution is -2.49. The van der Waals surface area contributed by atoms with Gasteiger partial charge in [-0.2, -0.15) is 0 Å². The van der Waals surface area contributed by atoms with E-state index in [4.69, 9.17) is 4.42 Å². The first kappa shape index (κ1) is 19.5. The topological polar surface area (TPSA) is 62.5 Å². The summed E-state index contributed by atoms with van der Waals surface area (Å²) in [5.41, 5.74) is 4.48. The smallest absolute Gasteiger partial charge is 0.277 e. The molecule has 0 radical (unpaired) electrons. The molecule has 0 bridgehead atoms. The molecule has 1 amide bonds. The van der Waals surface area contributed by atoms with Crippen LogP contribution in [0.15, 0.2) is 58.2 Å². The lowest BCUT2D eigenvalue weighted by molar-refractivity contribution is -0.128. The van der Waals surface area contributed by atoms with Crippen molar-refractivity contribution in [3.8, 4) is 11.5 Å². The molecule has 0 spiro atoms. The van der Waals surface area contributed by atoms with Gasteiger partial charge in [-0.05, 0) is 43.2 Å². The fourth-order valence-electron chi connectivity index (χ4n) is 3.44. The van der Waals surface area contributed by atoms with Gasteiger partial charge in [-0.3, -0.25) is 4.79 Å². The summed E-state index contributed by atoms with van der Waals surface area (Å²) in [6.07, 6.45) is 0. The second-order valence-corrected chi connectivity index (χ2v) is 8.11. The number of nitrogens with zero attached hydrogens (tertiary/aromatic N) is 4. The number of hydrogen-bond donors (Lipinski definition) is 0. The third-order valence-electron chi connectivity index (χ3n) is 5.10. The van der Waals surface area contributed by atoms with Crippen LogP contribution in [0.3, 0.4) is 0 Å². The zero-order valence-electron chi connectivity index (χ0n) is 16.7. The Bertz CT molecular complexity index is 996. The number of aryl methyl sites for hydroxylation is 2. The van der Waals surface area contributed by atoms with Crippen molar-refractivity contribution in [2.45, 2.75) is 19.1 Å². The molecule has 1 saturated heterocycles. The zero-order valence-corrected chi connectivity index (χ0v) is 17.5. The fourth-order valence-corrected chi connectivity index (χ4v) is 4.11. The van der Waals surface area contributed by atoms with Crippen LogP contribution < -0.4 is 4.90 Å².